The summed E-state index contributed by atoms with van der Waals surface area (Å²) in [6, 6.07) is 3.37. The third-order valence-electron chi connectivity index (χ3n) is 5.30. The molecule has 9 nitrogen and oxygen atoms in total. The van der Waals surface area contributed by atoms with Crippen LogP contribution in [0, 0.1) is 6.92 Å². The van der Waals surface area contributed by atoms with Crippen molar-refractivity contribution in [3.8, 4) is 0 Å². The number of aryl methyl sites for hydroxylation is 1. The van der Waals surface area contributed by atoms with Crippen LogP contribution >= 0.6 is 0 Å². The maximum absolute atomic E-state index is 13.4. The number of hydrogen-bond acceptors (Lipinski definition) is 7. The van der Waals surface area contributed by atoms with E-state index in [1.54, 1.807) is 30.6 Å². The van der Waals surface area contributed by atoms with Gasteiger partial charge in [-0.1, -0.05) is 0 Å². The molecule has 0 spiro atoms. The van der Waals surface area contributed by atoms with Crippen LogP contribution < -0.4 is 20.9 Å². The number of aromatic nitrogens is 2. The Hall–Kier alpha value is -3.18. The van der Waals surface area contributed by atoms with Crippen molar-refractivity contribution in [3.63, 3.8) is 0 Å². The van der Waals surface area contributed by atoms with Crippen LogP contribution in [0.15, 0.2) is 30.5 Å². The van der Waals surface area contributed by atoms with Gasteiger partial charge in [0.05, 0.1) is 11.4 Å². The molecule has 0 saturated carbocycles. The van der Waals surface area contributed by atoms with E-state index >= 15 is 0 Å². The van der Waals surface area contributed by atoms with Crippen molar-refractivity contribution in [1.29, 1.82) is 0 Å². The summed E-state index contributed by atoms with van der Waals surface area (Å²) in [6.07, 6.45) is 1.49. The maximum Gasteiger partial charge on any atom is 0.381 e. The average molecular weight is 447 g/mol. The maximum atomic E-state index is 13.4. The quantitative estimate of drug-likeness (QED) is 0.549. The Bertz CT molecular complexity index is 978. The van der Waals surface area contributed by atoms with Gasteiger partial charge in [0.1, 0.15) is 11.5 Å². The molecule has 32 heavy (non-hydrogen) atoms. The first-order valence-electron chi connectivity index (χ1n) is 10.2. The molecule has 3 rings (SSSR count). The average Bonchev–Trinajstić information content (AvgIpc) is 2.79. The summed E-state index contributed by atoms with van der Waals surface area (Å²) in [5.41, 5.74) is 3.05. The van der Waals surface area contributed by atoms with Gasteiger partial charge in [0.15, 0.2) is 0 Å². The van der Waals surface area contributed by atoms with Crippen LogP contribution in [-0.4, -0.2) is 73.0 Å². The smallest absolute Gasteiger partial charge is 0.368 e. The van der Waals surface area contributed by atoms with E-state index in [9.17, 15) is 18.4 Å². The molecular formula is C21H27F2N7O2. The molecule has 2 aromatic rings. The van der Waals surface area contributed by atoms with Crippen molar-refractivity contribution in [2.45, 2.75) is 19.5 Å². The molecular weight excluding hydrogens is 420 g/mol. The van der Waals surface area contributed by atoms with Crippen LogP contribution in [0.1, 0.15) is 21.7 Å². The largest absolute Gasteiger partial charge is 0.381 e. The minimum atomic E-state index is -3.67. The Labute approximate surface area is 185 Å². The predicted molar refractivity (Wildman–Crippen MR) is 117 cm³/mol. The van der Waals surface area contributed by atoms with Crippen LogP contribution in [0.3, 0.4) is 0 Å². The summed E-state index contributed by atoms with van der Waals surface area (Å²) >= 11 is 0. The van der Waals surface area contributed by atoms with E-state index in [4.69, 9.17) is 0 Å². The Morgan fingerprint density at radius 1 is 1.12 bits per heavy atom. The van der Waals surface area contributed by atoms with Gasteiger partial charge in [-0.25, -0.2) is 9.97 Å². The van der Waals surface area contributed by atoms with Gasteiger partial charge in [-0.2, -0.15) is 8.78 Å². The van der Waals surface area contributed by atoms with Crippen LogP contribution in [0.4, 0.5) is 20.3 Å². The number of likely N-dealkylation sites (N-methyl/N-ethyl adjacent to an activating group) is 1. The normalized spacial score (nSPS) is 14.8. The first-order valence-corrected chi connectivity index (χ1v) is 10.2. The molecule has 2 amide bonds. The molecule has 1 fully saturated rings. The highest BCUT2D eigenvalue weighted by Crippen LogP contribution is 2.21. The highest BCUT2D eigenvalue weighted by atomic mass is 19.3. The van der Waals surface area contributed by atoms with Gasteiger partial charge in [-0.05, 0) is 43.8 Å². The number of pyridine rings is 2. The minimum Gasteiger partial charge on any atom is -0.368 e. The SMILES string of the molecule is CNC(=O)c1ccc(N2CCN(Cc3ccnc(NC(=O)C(F)(F)NC)c3)CC2)c(C)n1. The molecule has 0 atom stereocenters. The number of amides is 2. The molecule has 0 radical (unpaired) electrons. The highest BCUT2D eigenvalue weighted by Gasteiger charge is 2.37. The van der Waals surface area contributed by atoms with Crippen molar-refractivity contribution in [1.82, 2.24) is 25.5 Å². The van der Waals surface area contributed by atoms with E-state index in [0.29, 0.717) is 12.2 Å². The van der Waals surface area contributed by atoms with Crippen LogP contribution in [0.25, 0.3) is 0 Å². The van der Waals surface area contributed by atoms with Crippen molar-refractivity contribution in [2.24, 2.45) is 0 Å². The summed E-state index contributed by atoms with van der Waals surface area (Å²) in [5.74, 6) is -1.59. The number of rotatable bonds is 7. The van der Waals surface area contributed by atoms with Gasteiger partial charge in [-0.3, -0.25) is 19.8 Å². The van der Waals surface area contributed by atoms with Crippen LogP contribution in [-0.2, 0) is 11.3 Å². The lowest BCUT2D eigenvalue weighted by atomic mass is 10.2. The first kappa shape index (κ1) is 23.5. The summed E-state index contributed by atoms with van der Waals surface area (Å²) in [6.45, 7) is 5.64. The van der Waals surface area contributed by atoms with Gasteiger partial charge in [0.2, 0.25) is 0 Å². The number of carbonyl (C=O) groups excluding carboxylic acids is 2. The summed E-state index contributed by atoms with van der Waals surface area (Å²) in [5, 5.41) is 6.37. The zero-order valence-corrected chi connectivity index (χ0v) is 18.3. The molecule has 2 aromatic heterocycles. The number of nitrogens with zero attached hydrogens (tertiary/aromatic N) is 4. The molecule has 11 heteroatoms. The fraction of sp³-hybridized carbons (Fsp3) is 0.429. The van der Waals surface area contributed by atoms with Gasteiger partial charge in [0, 0.05) is 46.0 Å². The predicted octanol–water partition coefficient (Wildman–Crippen LogP) is 1.22. The molecule has 3 heterocycles. The zero-order valence-electron chi connectivity index (χ0n) is 18.3. The summed E-state index contributed by atoms with van der Waals surface area (Å²) < 4.78 is 26.8. The lowest BCUT2D eigenvalue weighted by Gasteiger charge is -2.36. The van der Waals surface area contributed by atoms with E-state index in [-0.39, 0.29) is 11.7 Å². The monoisotopic (exact) mass is 447 g/mol. The number of alkyl halides is 2. The van der Waals surface area contributed by atoms with Gasteiger partial charge in [-0.15, -0.1) is 0 Å². The lowest BCUT2D eigenvalue weighted by molar-refractivity contribution is -0.143. The molecule has 1 aliphatic rings. The first-order chi connectivity index (χ1) is 15.2. The molecule has 0 aliphatic carbocycles. The fourth-order valence-corrected chi connectivity index (χ4v) is 3.50. The summed E-state index contributed by atoms with van der Waals surface area (Å²) in [4.78, 5) is 36.2. The Kier molecular flexibility index (Phi) is 7.31. The Balaban J connectivity index is 1.58. The van der Waals surface area contributed by atoms with Gasteiger partial charge < -0.3 is 15.5 Å². The molecule has 172 valence electrons. The summed E-state index contributed by atoms with van der Waals surface area (Å²) in [7, 11) is 2.58. The van der Waals surface area contributed by atoms with Crippen LogP contribution in [0.5, 0.6) is 0 Å². The number of nitrogens with one attached hydrogen (secondary N) is 3. The fourth-order valence-electron chi connectivity index (χ4n) is 3.50. The molecule has 0 unspecified atom stereocenters. The van der Waals surface area contributed by atoms with E-state index in [0.717, 1.165) is 50.2 Å². The Morgan fingerprint density at radius 3 is 2.47 bits per heavy atom. The van der Waals surface area contributed by atoms with Gasteiger partial charge >= 0.3 is 12.0 Å². The lowest BCUT2D eigenvalue weighted by Crippen LogP contribution is -2.46. The van der Waals surface area contributed by atoms with Crippen molar-refractivity contribution in [3.05, 3.63) is 47.4 Å². The van der Waals surface area contributed by atoms with E-state index < -0.39 is 12.0 Å². The number of anilines is 2. The number of carbonyl (C=O) groups is 2. The molecule has 3 N–H and O–H groups in total. The minimum absolute atomic E-state index is 0.0824. The third-order valence-corrected chi connectivity index (χ3v) is 5.30. The third kappa shape index (κ3) is 5.54. The van der Waals surface area contributed by atoms with E-state index in [1.807, 2.05) is 13.0 Å². The Morgan fingerprint density at radius 2 is 1.84 bits per heavy atom. The highest BCUT2D eigenvalue weighted by molar-refractivity contribution is 5.95. The van der Waals surface area contributed by atoms with Crippen molar-refractivity contribution < 1.29 is 18.4 Å². The molecule has 1 aliphatic heterocycles. The van der Waals surface area contributed by atoms with Gasteiger partial charge in [0.25, 0.3) is 5.91 Å². The second-order valence-corrected chi connectivity index (χ2v) is 7.47. The molecule has 0 bridgehead atoms. The zero-order chi connectivity index (χ0) is 23.3. The van der Waals surface area contributed by atoms with Crippen molar-refractivity contribution >= 4 is 23.3 Å². The van der Waals surface area contributed by atoms with E-state index in [1.165, 1.54) is 6.20 Å². The van der Waals surface area contributed by atoms with Crippen molar-refractivity contribution in [2.75, 3.05) is 50.5 Å². The van der Waals surface area contributed by atoms with Crippen LogP contribution in [0.2, 0.25) is 0 Å². The number of piperazine rings is 1. The second-order valence-electron chi connectivity index (χ2n) is 7.47. The topological polar surface area (TPSA) is 102 Å². The molecule has 0 aromatic carbocycles. The molecule has 1 saturated heterocycles. The number of halogens is 2. The number of hydrogen-bond donors (Lipinski definition) is 3. The van der Waals surface area contributed by atoms with E-state index in [2.05, 4.69) is 30.4 Å². The standard InChI is InChI=1S/C21H27F2N7O2/c1-14-17(5-4-16(27-14)19(31)24-2)30-10-8-29(9-11-30)13-15-6-7-26-18(12-15)28-20(32)21(22,23)25-3/h4-7,12,25H,8-11,13H2,1-3H3,(H,24,31)(H,26,28,32). The second kappa shape index (κ2) is 9.96.